The van der Waals surface area contributed by atoms with Crippen molar-refractivity contribution in [1.29, 1.82) is 0 Å². The van der Waals surface area contributed by atoms with Gasteiger partial charge in [0.15, 0.2) is 0 Å². The van der Waals surface area contributed by atoms with Crippen molar-refractivity contribution < 1.29 is 4.74 Å². The van der Waals surface area contributed by atoms with Crippen LogP contribution >= 0.6 is 0 Å². The molecule has 3 nitrogen and oxygen atoms in total. The van der Waals surface area contributed by atoms with Gasteiger partial charge in [0.2, 0.25) is 0 Å². The maximum atomic E-state index is 5.79. The van der Waals surface area contributed by atoms with Crippen molar-refractivity contribution in [2.45, 2.75) is 25.3 Å². The summed E-state index contributed by atoms with van der Waals surface area (Å²) in [4.78, 5) is 4.55. The largest absolute Gasteiger partial charge is 0.496 e. The van der Waals surface area contributed by atoms with Crippen LogP contribution in [0.3, 0.4) is 0 Å². The molecule has 0 saturated heterocycles. The predicted octanol–water partition coefficient (Wildman–Crippen LogP) is 2.63. The van der Waals surface area contributed by atoms with E-state index < -0.39 is 0 Å². The average molecular weight is 254 g/mol. The van der Waals surface area contributed by atoms with E-state index in [1.54, 1.807) is 7.11 Å². The number of aromatic nitrogens is 1. The highest BCUT2D eigenvalue weighted by atomic mass is 16.5. The number of hydrogen-bond acceptors (Lipinski definition) is 3. The van der Waals surface area contributed by atoms with E-state index in [0.717, 1.165) is 24.2 Å². The second-order valence-electron chi connectivity index (χ2n) is 4.91. The maximum Gasteiger partial charge on any atom is 0.123 e. The monoisotopic (exact) mass is 254 g/mol. The Labute approximate surface area is 113 Å². The van der Waals surface area contributed by atoms with E-state index >= 15 is 0 Å². The van der Waals surface area contributed by atoms with Gasteiger partial charge >= 0.3 is 0 Å². The van der Waals surface area contributed by atoms with Crippen LogP contribution in [0.5, 0.6) is 5.75 Å². The summed E-state index contributed by atoms with van der Waals surface area (Å²) >= 11 is 0. The van der Waals surface area contributed by atoms with Gasteiger partial charge in [-0.25, -0.2) is 0 Å². The summed E-state index contributed by atoms with van der Waals surface area (Å²) in [5.41, 5.74) is 10.7. The van der Waals surface area contributed by atoms with Gasteiger partial charge in [-0.15, -0.1) is 0 Å². The van der Waals surface area contributed by atoms with Crippen LogP contribution in [0.25, 0.3) is 0 Å². The SMILES string of the molecule is COc1ccc(C2CCc3cccnc32)cc1CN. The number of ether oxygens (including phenoxy) is 1. The minimum Gasteiger partial charge on any atom is -0.496 e. The Morgan fingerprint density at radius 1 is 1.37 bits per heavy atom. The van der Waals surface area contributed by atoms with Crippen LogP contribution in [-0.2, 0) is 13.0 Å². The Balaban J connectivity index is 2.00. The number of fused-ring (bicyclic) bond motifs is 1. The molecule has 2 N–H and O–H groups in total. The number of aryl methyl sites for hydroxylation is 1. The molecule has 0 radical (unpaired) electrons. The molecule has 0 fully saturated rings. The third-order valence-electron chi connectivity index (χ3n) is 3.89. The third kappa shape index (κ3) is 2.10. The summed E-state index contributed by atoms with van der Waals surface area (Å²) in [6, 6.07) is 10.5. The first-order valence-electron chi connectivity index (χ1n) is 6.64. The number of methoxy groups -OCH3 is 1. The molecule has 2 aromatic rings. The Morgan fingerprint density at radius 3 is 3.05 bits per heavy atom. The first kappa shape index (κ1) is 12.2. The van der Waals surface area contributed by atoms with Crippen LogP contribution in [0.15, 0.2) is 36.5 Å². The zero-order chi connectivity index (χ0) is 13.2. The summed E-state index contributed by atoms with van der Waals surface area (Å²) in [5.74, 6) is 1.26. The Kier molecular flexibility index (Phi) is 3.22. The van der Waals surface area contributed by atoms with Gasteiger partial charge < -0.3 is 10.5 Å². The quantitative estimate of drug-likeness (QED) is 0.916. The topological polar surface area (TPSA) is 48.1 Å². The number of rotatable bonds is 3. The first-order valence-corrected chi connectivity index (χ1v) is 6.64. The second kappa shape index (κ2) is 5.02. The summed E-state index contributed by atoms with van der Waals surface area (Å²) in [6.45, 7) is 0.499. The Bertz CT molecular complexity index is 595. The van der Waals surface area contributed by atoms with E-state index in [9.17, 15) is 0 Å². The van der Waals surface area contributed by atoms with Crippen LogP contribution in [0.2, 0.25) is 0 Å². The minimum absolute atomic E-state index is 0.396. The third-order valence-corrected chi connectivity index (χ3v) is 3.89. The smallest absolute Gasteiger partial charge is 0.123 e. The molecule has 1 atom stereocenters. The highest BCUT2D eigenvalue weighted by molar-refractivity contribution is 5.43. The van der Waals surface area contributed by atoms with E-state index in [-0.39, 0.29) is 0 Å². The van der Waals surface area contributed by atoms with E-state index in [2.05, 4.69) is 23.2 Å². The predicted molar refractivity (Wildman–Crippen MR) is 75.3 cm³/mol. The fourth-order valence-electron chi connectivity index (χ4n) is 2.91. The Morgan fingerprint density at radius 2 is 2.26 bits per heavy atom. The van der Waals surface area contributed by atoms with Gasteiger partial charge in [0.05, 0.1) is 12.8 Å². The molecule has 1 aliphatic rings. The fourth-order valence-corrected chi connectivity index (χ4v) is 2.91. The van der Waals surface area contributed by atoms with E-state index in [0.29, 0.717) is 12.5 Å². The van der Waals surface area contributed by atoms with Crippen LogP contribution in [0, 0.1) is 0 Å². The molecule has 1 unspecified atom stereocenters. The number of nitrogens with zero attached hydrogens (tertiary/aromatic N) is 1. The lowest BCUT2D eigenvalue weighted by atomic mass is 9.94. The average Bonchev–Trinajstić information content (AvgIpc) is 2.90. The molecule has 0 bridgehead atoms. The van der Waals surface area contributed by atoms with Crippen LogP contribution in [-0.4, -0.2) is 12.1 Å². The number of hydrogen-bond donors (Lipinski definition) is 1. The molecule has 98 valence electrons. The lowest BCUT2D eigenvalue weighted by Gasteiger charge is -2.14. The standard InChI is InChI=1S/C16H18N2O/c1-19-15-7-5-12(9-13(15)10-17)14-6-4-11-3-2-8-18-16(11)14/h2-3,5,7-9,14H,4,6,10,17H2,1H3. The maximum absolute atomic E-state index is 5.79. The lowest BCUT2D eigenvalue weighted by molar-refractivity contribution is 0.409. The molecule has 0 amide bonds. The van der Waals surface area contributed by atoms with Crippen molar-refractivity contribution in [3.05, 3.63) is 58.9 Å². The van der Waals surface area contributed by atoms with E-state index in [1.165, 1.54) is 16.8 Å². The lowest BCUT2D eigenvalue weighted by Crippen LogP contribution is -2.04. The molecule has 1 heterocycles. The summed E-state index contributed by atoms with van der Waals surface area (Å²) in [6.07, 6.45) is 4.12. The molecular formula is C16H18N2O. The van der Waals surface area contributed by atoms with E-state index in [4.69, 9.17) is 10.5 Å². The van der Waals surface area contributed by atoms with Crippen LogP contribution < -0.4 is 10.5 Å². The van der Waals surface area contributed by atoms with Gasteiger partial charge in [0.1, 0.15) is 5.75 Å². The number of nitrogens with two attached hydrogens (primary N) is 1. The normalized spacial score (nSPS) is 17.3. The van der Waals surface area contributed by atoms with Crippen molar-refractivity contribution in [2.75, 3.05) is 7.11 Å². The number of benzene rings is 1. The van der Waals surface area contributed by atoms with E-state index in [1.807, 2.05) is 18.3 Å². The summed E-state index contributed by atoms with van der Waals surface area (Å²) in [7, 11) is 1.68. The molecule has 1 aliphatic carbocycles. The highest BCUT2D eigenvalue weighted by Crippen LogP contribution is 2.37. The van der Waals surface area contributed by atoms with Crippen molar-refractivity contribution >= 4 is 0 Å². The van der Waals surface area contributed by atoms with Gasteiger partial charge in [-0.1, -0.05) is 18.2 Å². The zero-order valence-electron chi connectivity index (χ0n) is 11.1. The molecule has 1 aromatic carbocycles. The fraction of sp³-hybridized carbons (Fsp3) is 0.312. The van der Waals surface area contributed by atoms with Gasteiger partial charge in [0, 0.05) is 24.2 Å². The molecule has 3 rings (SSSR count). The van der Waals surface area contributed by atoms with Crippen molar-refractivity contribution in [3.8, 4) is 5.75 Å². The van der Waals surface area contributed by atoms with Gasteiger partial charge in [-0.2, -0.15) is 0 Å². The highest BCUT2D eigenvalue weighted by Gasteiger charge is 2.25. The van der Waals surface area contributed by atoms with Crippen LogP contribution in [0.1, 0.15) is 34.7 Å². The molecule has 1 aromatic heterocycles. The summed E-state index contributed by atoms with van der Waals surface area (Å²) in [5, 5.41) is 0. The van der Waals surface area contributed by atoms with Crippen molar-refractivity contribution in [1.82, 2.24) is 4.98 Å². The molecular weight excluding hydrogens is 236 g/mol. The molecule has 0 aliphatic heterocycles. The van der Waals surface area contributed by atoms with Crippen molar-refractivity contribution in [3.63, 3.8) is 0 Å². The van der Waals surface area contributed by atoms with Gasteiger partial charge in [0.25, 0.3) is 0 Å². The second-order valence-corrected chi connectivity index (χ2v) is 4.91. The number of pyridine rings is 1. The molecule has 3 heteroatoms. The minimum atomic E-state index is 0.396. The van der Waals surface area contributed by atoms with Crippen LogP contribution in [0.4, 0.5) is 0 Å². The molecule has 19 heavy (non-hydrogen) atoms. The summed E-state index contributed by atoms with van der Waals surface area (Å²) < 4.78 is 5.33. The first-order chi connectivity index (χ1) is 9.33. The van der Waals surface area contributed by atoms with Crippen molar-refractivity contribution in [2.24, 2.45) is 5.73 Å². The Hall–Kier alpha value is -1.87. The van der Waals surface area contributed by atoms with Gasteiger partial charge in [-0.05, 0) is 36.1 Å². The zero-order valence-corrected chi connectivity index (χ0v) is 11.1. The van der Waals surface area contributed by atoms with Gasteiger partial charge in [-0.3, -0.25) is 4.98 Å². The molecule has 0 saturated carbocycles. The molecule has 0 spiro atoms.